The quantitative estimate of drug-likeness (QED) is 0.459. The zero-order chi connectivity index (χ0) is 23.4. The first-order valence-corrected chi connectivity index (χ1v) is 10.3. The highest BCUT2D eigenvalue weighted by molar-refractivity contribution is 7.99. The van der Waals surface area contributed by atoms with Crippen LogP contribution in [-0.2, 0) is 9.47 Å². The molecule has 1 aliphatic rings. The molecule has 4 atom stereocenters. The maximum absolute atomic E-state index is 13.5. The molecule has 0 spiro atoms. The summed E-state index contributed by atoms with van der Waals surface area (Å²) in [4.78, 5) is 0.599. The Bertz CT molecular complexity index is 1050. The maximum Gasteiger partial charge on any atom is 0.194 e. The molecule has 4 unspecified atom stereocenters. The Labute approximate surface area is 190 Å². The van der Waals surface area contributed by atoms with Gasteiger partial charge in [0.1, 0.15) is 12.2 Å². The first-order chi connectivity index (χ1) is 15.2. The van der Waals surface area contributed by atoms with Gasteiger partial charge in [0, 0.05) is 16.7 Å². The summed E-state index contributed by atoms with van der Waals surface area (Å²) in [6.07, 6.45) is -2.39. The SMILES string of the molecule is N#Cc1ccc(SC2OC(CO)C(O)OC2N/C=C(\N)c2cc(F)c(F)c(F)c2)cc1Cl. The summed E-state index contributed by atoms with van der Waals surface area (Å²) in [5.74, 6) is -4.42. The number of nitrogens with one attached hydrogen (secondary N) is 1. The highest BCUT2D eigenvalue weighted by Gasteiger charge is 2.38. The van der Waals surface area contributed by atoms with Crippen molar-refractivity contribution < 1.29 is 32.9 Å². The molecule has 2 aromatic carbocycles. The summed E-state index contributed by atoms with van der Waals surface area (Å²) in [7, 11) is 0. The van der Waals surface area contributed by atoms with Gasteiger partial charge in [-0.05, 0) is 30.3 Å². The first-order valence-electron chi connectivity index (χ1n) is 9.06. The lowest BCUT2D eigenvalue weighted by Gasteiger charge is -2.38. The fraction of sp³-hybridized carbons (Fsp3) is 0.250. The van der Waals surface area contributed by atoms with Crippen molar-refractivity contribution in [3.8, 4) is 6.07 Å². The van der Waals surface area contributed by atoms with Gasteiger partial charge in [0.15, 0.2) is 35.4 Å². The molecule has 0 amide bonds. The number of rotatable bonds is 6. The third kappa shape index (κ3) is 5.47. The zero-order valence-electron chi connectivity index (χ0n) is 16.1. The number of aliphatic hydroxyl groups is 2. The molecule has 7 nitrogen and oxygen atoms in total. The number of ether oxygens (including phenoxy) is 2. The molecule has 3 rings (SSSR count). The van der Waals surface area contributed by atoms with Crippen LogP contribution < -0.4 is 11.1 Å². The van der Waals surface area contributed by atoms with Crippen LogP contribution in [-0.4, -0.2) is 40.9 Å². The molecular weight excluding hydrogens is 471 g/mol. The molecular formula is C20H17ClF3N3O4S. The average molecular weight is 488 g/mol. The van der Waals surface area contributed by atoms with E-state index in [0.717, 1.165) is 30.1 Å². The van der Waals surface area contributed by atoms with Crippen molar-refractivity contribution in [1.82, 2.24) is 5.32 Å². The van der Waals surface area contributed by atoms with Gasteiger partial charge < -0.3 is 30.7 Å². The van der Waals surface area contributed by atoms with E-state index >= 15 is 0 Å². The molecule has 32 heavy (non-hydrogen) atoms. The van der Waals surface area contributed by atoms with Crippen molar-refractivity contribution in [2.24, 2.45) is 5.73 Å². The molecule has 0 saturated carbocycles. The van der Waals surface area contributed by atoms with Gasteiger partial charge >= 0.3 is 0 Å². The summed E-state index contributed by atoms with van der Waals surface area (Å²) >= 11 is 7.17. The molecule has 12 heteroatoms. The van der Waals surface area contributed by atoms with Crippen molar-refractivity contribution in [3.63, 3.8) is 0 Å². The lowest BCUT2D eigenvalue weighted by atomic mass is 10.1. The topological polar surface area (TPSA) is 121 Å². The fourth-order valence-electron chi connectivity index (χ4n) is 2.72. The lowest BCUT2D eigenvalue weighted by Crippen LogP contribution is -2.53. The van der Waals surface area contributed by atoms with E-state index in [9.17, 15) is 23.4 Å². The highest BCUT2D eigenvalue weighted by atomic mass is 35.5. The normalized spacial score (nSPS) is 23.6. The molecule has 1 fully saturated rings. The van der Waals surface area contributed by atoms with E-state index < -0.39 is 48.1 Å². The van der Waals surface area contributed by atoms with Crippen molar-refractivity contribution in [1.29, 1.82) is 5.26 Å². The monoisotopic (exact) mass is 487 g/mol. The molecule has 0 bridgehead atoms. The standard InChI is InChI=1S/C20H17ClF3N3O4S/c21-12-5-11(2-1-9(12)6-25)32-20-18(31-19(29)16(8-28)30-20)27-7-15(26)10-3-13(22)17(24)14(23)4-10/h1-5,7,16,18-20,27-29H,8,26H2/b15-7-. The molecule has 170 valence electrons. The van der Waals surface area contributed by atoms with E-state index in [1.165, 1.54) is 6.07 Å². The number of hydrogen-bond acceptors (Lipinski definition) is 8. The fourth-order valence-corrected chi connectivity index (χ4v) is 4.08. The Hall–Kier alpha value is -2.46. The summed E-state index contributed by atoms with van der Waals surface area (Å²) in [5, 5.41) is 31.4. The number of nitrogens with zero attached hydrogens (tertiary/aromatic N) is 1. The van der Waals surface area contributed by atoms with E-state index in [1.807, 2.05) is 6.07 Å². The Balaban J connectivity index is 1.81. The predicted molar refractivity (Wildman–Crippen MR) is 110 cm³/mol. The largest absolute Gasteiger partial charge is 0.397 e. The van der Waals surface area contributed by atoms with Crippen molar-refractivity contribution in [3.05, 3.63) is 70.1 Å². The van der Waals surface area contributed by atoms with Crippen LogP contribution in [0, 0.1) is 28.8 Å². The van der Waals surface area contributed by atoms with Crippen molar-refractivity contribution in [2.45, 2.75) is 29.0 Å². The average Bonchev–Trinajstić information content (AvgIpc) is 2.76. The van der Waals surface area contributed by atoms with E-state index in [0.29, 0.717) is 4.90 Å². The smallest absolute Gasteiger partial charge is 0.194 e. The first kappa shape index (κ1) is 24.2. The molecule has 0 radical (unpaired) electrons. The number of hydrogen-bond donors (Lipinski definition) is 4. The zero-order valence-corrected chi connectivity index (χ0v) is 17.7. The Morgan fingerprint density at radius 1 is 1.25 bits per heavy atom. The number of aliphatic hydroxyl groups excluding tert-OH is 2. The Kier molecular flexibility index (Phi) is 7.89. The van der Waals surface area contributed by atoms with Crippen LogP contribution in [0.1, 0.15) is 11.1 Å². The van der Waals surface area contributed by atoms with Crippen LogP contribution >= 0.6 is 23.4 Å². The second kappa shape index (κ2) is 10.4. The molecule has 0 aliphatic carbocycles. The van der Waals surface area contributed by atoms with Crippen molar-refractivity contribution in [2.75, 3.05) is 6.61 Å². The van der Waals surface area contributed by atoms with E-state index in [4.69, 9.17) is 32.1 Å². The minimum Gasteiger partial charge on any atom is -0.397 e. The van der Waals surface area contributed by atoms with E-state index in [2.05, 4.69) is 5.32 Å². The molecule has 1 aliphatic heterocycles. The summed E-state index contributed by atoms with van der Waals surface area (Å²) in [6.45, 7) is -0.523. The number of nitrogens with two attached hydrogens (primary N) is 1. The number of thioether (sulfide) groups is 1. The minimum atomic E-state index is -1.62. The van der Waals surface area contributed by atoms with Gasteiger partial charge in [-0.2, -0.15) is 5.26 Å². The summed E-state index contributed by atoms with van der Waals surface area (Å²) in [6, 6.07) is 8.08. The van der Waals surface area contributed by atoms with Crippen LogP contribution in [0.15, 0.2) is 41.4 Å². The van der Waals surface area contributed by atoms with Gasteiger partial charge in [-0.3, -0.25) is 0 Å². The van der Waals surface area contributed by atoms with Crippen LogP contribution in [0.4, 0.5) is 13.2 Å². The Morgan fingerprint density at radius 2 is 1.94 bits per heavy atom. The van der Waals surface area contributed by atoms with Gasteiger partial charge in [-0.25, -0.2) is 13.2 Å². The van der Waals surface area contributed by atoms with Gasteiger partial charge in [-0.15, -0.1) is 0 Å². The predicted octanol–water partition coefficient (Wildman–Crippen LogP) is 2.65. The summed E-state index contributed by atoms with van der Waals surface area (Å²) < 4.78 is 51.2. The van der Waals surface area contributed by atoms with Gasteiger partial charge in [0.25, 0.3) is 0 Å². The number of halogens is 4. The lowest BCUT2D eigenvalue weighted by molar-refractivity contribution is -0.275. The third-order valence-electron chi connectivity index (χ3n) is 4.37. The van der Waals surface area contributed by atoms with E-state index in [1.54, 1.807) is 12.1 Å². The molecule has 0 aromatic heterocycles. The number of nitriles is 1. The van der Waals surface area contributed by atoms with Crippen molar-refractivity contribution >= 4 is 29.1 Å². The molecule has 1 saturated heterocycles. The maximum atomic E-state index is 13.5. The highest BCUT2D eigenvalue weighted by Crippen LogP contribution is 2.34. The third-order valence-corrected chi connectivity index (χ3v) is 5.80. The van der Waals surface area contributed by atoms with Crippen LogP contribution in [0.2, 0.25) is 5.02 Å². The second-order valence-electron chi connectivity index (χ2n) is 6.56. The summed E-state index contributed by atoms with van der Waals surface area (Å²) in [5.41, 5.74) is 5.00. The second-order valence-corrected chi connectivity index (χ2v) is 8.14. The molecule has 2 aromatic rings. The number of benzene rings is 2. The van der Waals surface area contributed by atoms with E-state index in [-0.39, 0.29) is 21.8 Å². The molecule has 1 heterocycles. The van der Waals surface area contributed by atoms with Crippen LogP contribution in [0.3, 0.4) is 0 Å². The van der Waals surface area contributed by atoms with Crippen LogP contribution in [0.5, 0.6) is 0 Å². The van der Waals surface area contributed by atoms with Gasteiger partial charge in [0.05, 0.1) is 22.9 Å². The minimum absolute atomic E-state index is 0.123. The van der Waals surface area contributed by atoms with Gasteiger partial charge in [0.2, 0.25) is 0 Å². The van der Waals surface area contributed by atoms with Gasteiger partial charge in [-0.1, -0.05) is 23.4 Å². The molecule has 5 N–H and O–H groups in total. The Morgan fingerprint density at radius 3 is 2.53 bits per heavy atom. The van der Waals surface area contributed by atoms with Crippen LogP contribution in [0.25, 0.3) is 5.70 Å².